The molecule has 1 amide bonds. The van der Waals surface area contributed by atoms with E-state index < -0.39 is 11.6 Å². The van der Waals surface area contributed by atoms with E-state index in [4.69, 9.17) is 0 Å². The van der Waals surface area contributed by atoms with Crippen molar-refractivity contribution in [1.82, 2.24) is 10.3 Å². The van der Waals surface area contributed by atoms with Gasteiger partial charge in [-0.3, -0.25) is 4.79 Å². The molecular weight excluding hydrogens is 372 g/mol. The normalized spacial score (nSPS) is 11.9. The van der Waals surface area contributed by atoms with Gasteiger partial charge >= 0.3 is 0 Å². The van der Waals surface area contributed by atoms with Gasteiger partial charge in [-0.15, -0.1) is 0 Å². The highest BCUT2D eigenvalue weighted by molar-refractivity contribution is 5.97. The summed E-state index contributed by atoms with van der Waals surface area (Å²) >= 11 is 0. The molecule has 1 aromatic heterocycles. The van der Waals surface area contributed by atoms with Crippen LogP contribution in [0.3, 0.4) is 0 Å². The molecule has 0 spiro atoms. The van der Waals surface area contributed by atoms with Gasteiger partial charge in [-0.1, -0.05) is 0 Å². The predicted octanol–water partition coefficient (Wildman–Crippen LogP) is 5.39. The fraction of sp³-hybridized carbons (Fsp3) is 0.391. The third-order valence-corrected chi connectivity index (χ3v) is 4.52. The van der Waals surface area contributed by atoms with E-state index in [-0.39, 0.29) is 40.2 Å². The van der Waals surface area contributed by atoms with E-state index in [1.54, 1.807) is 19.1 Å². The predicted molar refractivity (Wildman–Crippen MR) is 115 cm³/mol. The van der Waals surface area contributed by atoms with Crippen LogP contribution in [0.4, 0.5) is 14.6 Å². The number of aromatic nitrogens is 1. The number of hydrogen-bond acceptors (Lipinski definition) is 3. The van der Waals surface area contributed by atoms with E-state index in [0.29, 0.717) is 17.0 Å². The van der Waals surface area contributed by atoms with Gasteiger partial charge in [0.1, 0.15) is 17.5 Å². The maximum absolute atomic E-state index is 15.2. The molecule has 1 heterocycles. The van der Waals surface area contributed by atoms with Gasteiger partial charge in [0.15, 0.2) is 0 Å². The molecular formula is C23H29F2N3O. The maximum atomic E-state index is 15.2. The van der Waals surface area contributed by atoms with Crippen molar-refractivity contribution in [3.63, 3.8) is 0 Å². The molecule has 0 aliphatic rings. The van der Waals surface area contributed by atoms with Crippen LogP contribution < -0.4 is 10.6 Å². The summed E-state index contributed by atoms with van der Waals surface area (Å²) in [6.07, 6.45) is 2.93. The van der Waals surface area contributed by atoms with Crippen LogP contribution >= 0.6 is 0 Å². The van der Waals surface area contributed by atoms with E-state index in [0.717, 1.165) is 0 Å². The van der Waals surface area contributed by atoms with Crippen molar-refractivity contribution in [2.24, 2.45) is 0 Å². The summed E-state index contributed by atoms with van der Waals surface area (Å²) in [6.45, 7) is 12.3. The highest BCUT2D eigenvalue weighted by atomic mass is 19.1. The third-order valence-electron chi connectivity index (χ3n) is 4.52. The highest BCUT2D eigenvalue weighted by Crippen LogP contribution is 2.34. The lowest BCUT2D eigenvalue weighted by molar-refractivity contribution is -0.117. The number of hydrogen-bond donors (Lipinski definition) is 2. The zero-order valence-electron chi connectivity index (χ0n) is 18.1. The summed E-state index contributed by atoms with van der Waals surface area (Å²) in [7, 11) is 0. The molecule has 0 radical (unpaired) electrons. The smallest absolute Gasteiger partial charge is 0.247 e. The summed E-state index contributed by atoms with van der Waals surface area (Å²) in [5, 5.41) is 5.91. The summed E-state index contributed by atoms with van der Waals surface area (Å²) < 4.78 is 30.4. The van der Waals surface area contributed by atoms with Gasteiger partial charge in [0.2, 0.25) is 5.91 Å². The number of carbonyl (C=O) groups excluding carboxylic acids is 1. The van der Waals surface area contributed by atoms with E-state index in [1.165, 1.54) is 26.1 Å². The van der Waals surface area contributed by atoms with Gasteiger partial charge in [-0.25, -0.2) is 13.8 Å². The first-order valence-electron chi connectivity index (χ1n) is 9.73. The van der Waals surface area contributed by atoms with Gasteiger partial charge < -0.3 is 10.6 Å². The molecule has 6 heteroatoms. The Balaban J connectivity index is 2.50. The van der Waals surface area contributed by atoms with Gasteiger partial charge in [0.25, 0.3) is 0 Å². The Morgan fingerprint density at radius 3 is 2.21 bits per heavy atom. The van der Waals surface area contributed by atoms with E-state index in [2.05, 4.69) is 15.6 Å². The molecule has 2 rings (SSSR count). The number of nitrogens with one attached hydrogen (secondary N) is 2. The Labute approximate surface area is 171 Å². The first-order valence-corrected chi connectivity index (χ1v) is 9.73. The SMILES string of the molecule is CC(=Cc1c(C)c(F)c(-c2ccc(NC(C)C)nc2)c(C)c1F)C(=O)NC(C)C. The molecule has 156 valence electrons. The minimum atomic E-state index is -0.542. The van der Waals surface area contributed by atoms with Crippen molar-refractivity contribution in [2.75, 3.05) is 5.32 Å². The van der Waals surface area contributed by atoms with Crippen molar-refractivity contribution in [3.8, 4) is 11.1 Å². The van der Waals surface area contributed by atoms with Crippen molar-refractivity contribution in [3.05, 3.63) is 52.2 Å². The maximum Gasteiger partial charge on any atom is 0.247 e. The van der Waals surface area contributed by atoms with Crippen molar-refractivity contribution in [1.29, 1.82) is 0 Å². The van der Waals surface area contributed by atoms with Gasteiger partial charge in [0.05, 0.1) is 0 Å². The molecule has 2 N–H and O–H groups in total. The summed E-state index contributed by atoms with van der Waals surface area (Å²) in [4.78, 5) is 16.4. The Morgan fingerprint density at radius 2 is 1.69 bits per heavy atom. The molecule has 0 fully saturated rings. The zero-order valence-corrected chi connectivity index (χ0v) is 18.1. The summed E-state index contributed by atoms with van der Waals surface area (Å²) in [5.74, 6) is -0.692. The van der Waals surface area contributed by atoms with Crippen LogP contribution in [0.15, 0.2) is 23.9 Å². The summed E-state index contributed by atoms with van der Waals surface area (Å²) in [6, 6.07) is 3.64. The molecule has 0 bridgehead atoms. The van der Waals surface area contributed by atoms with Crippen LogP contribution in [-0.4, -0.2) is 23.0 Å². The molecule has 0 saturated heterocycles. The summed E-state index contributed by atoms with van der Waals surface area (Å²) in [5.41, 5.74) is 1.43. The molecule has 29 heavy (non-hydrogen) atoms. The minimum absolute atomic E-state index is 0.0432. The largest absolute Gasteiger partial charge is 0.368 e. The molecule has 1 aromatic carbocycles. The molecule has 0 unspecified atom stereocenters. The first-order chi connectivity index (χ1) is 13.5. The topological polar surface area (TPSA) is 54.0 Å². The van der Waals surface area contributed by atoms with Crippen LogP contribution in [0.2, 0.25) is 0 Å². The number of pyridine rings is 1. The molecule has 0 aliphatic heterocycles. The lowest BCUT2D eigenvalue weighted by Gasteiger charge is -2.16. The Kier molecular flexibility index (Phi) is 7.11. The highest BCUT2D eigenvalue weighted by Gasteiger charge is 2.21. The Morgan fingerprint density at radius 1 is 1.03 bits per heavy atom. The van der Waals surface area contributed by atoms with Crippen LogP contribution in [0.25, 0.3) is 17.2 Å². The zero-order chi connectivity index (χ0) is 21.9. The minimum Gasteiger partial charge on any atom is -0.368 e. The molecule has 0 saturated carbocycles. The monoisotopic (exact) mass is 401 g/mol. The number of nitrogens with zero attached hydrogens (tertiary/aromatic N) is 1. The van der Waals surface area contributed by atoms with Crippen LogP contribution in [0.5, 0.6) is 0 Å². The van der Waals surface area contributed by atoms with Crippen LogP contribution in [-0.2, 0) is 4.79 Å². The van der Waals surface area contributed by atoms with Gasteiger partial charge in [-0.2, -0.15) is 0 Å². The van der Waals surface area contributed by atoms with Crippen molar-refractivity contribution >= 4 is 17.8 Å². The second-order valence-electron chi connectivity index (χ2n) is 7.85. The van der Waals surface area contributed by atoms with Crippen molar-refractivity contribution < 1.29 is 13.6 Å². The lowest BCUT2D eigenvalue weighted by atomic mass is 9.93. The second kappa shape index (κ2) is 9.16. The van der Waals surface area contributed by atoms with Gasteiger partial charge in [-0.05, 0) is 77.8 Å². The number of carbonyl (C=O) groups is 1. The number of amides is 1. The second-order valence-corrected chi connectivity index (χ2v) is 7.85. The van der Waals surface area contributed by atoms with E-state index in [1.807, 2.05) is 27.7 Å². The fourth-order valence-corrected chi connectivity index (χ4v) is 3.04. The first kappa shape index (κ1) is 22.5. The average Bonchev–Trinajstić information content (AvgIpc) is 2.64. The molecule has 0 atom stereocenters. The lowest BCUT2D eigenvalue weighted by Crippen LogP contribution is -2.30. The molecule has 0 aliphatic carbocycles. The van der Waals surface area contributed by atoms with E-state index in [9.17, 15) is 4.79 Å². The van der Waals surface area contributed by atoms with Gasteiger partial charge in [0, 0.05) is 40.5 Å². The average molecular weight is 402 g/mol. The number of rotatable bonds is 6. The van der Waals surface area contributed by atoms with E-state index >= 15 is 8.78 Å². The number of halogens is 2. The third kappa shape index (κ3) is 5.19. The fourth-order valence-electron chi connectivity index (χ4n) is 3.04. The Hall–Kier alpha value is -2.76. The van der Waals surface area contributed by atoms with Crippen molar-refractivity contribution in [2.45, 2.75) is 60.5 Å². The molecule has 2 aromatic rings. The number of anilines is 1. The van der Waals surface area contributed by atoms with Crippen LogP contribution in [0, 0.1) is 25.5 Å². The standard InChI is InChI=1S/C23H29F2N3O/c1-12(2)27-19-9-8-17(11-26-19)20-16(7)21(24)18(15(6)22(20)25)10-14(5)23(29)28-13(3)4/h8-13H,1-7H3,(H,26,27)(H,28,29). The Bertz CT molecular complexity index is 903. The van der Waals surface area contributed by atoms with Crippen LogP contribution in [0.1, 0.15) is 51.3 Å². The number of benzene rings is 1. The quantitative estimate of drug-likeness (QED) is 0.638. The molecule has 4 nitrogen and oxygen atoms in total.